The molecule has 1 aromatic heterocycles. The summed E-state index contributed by atoms with van der Waals surface area (Å²) in [4.78, 5) is 8.32. The minimum absolute atomic E-state index is 0. The lowest BCUT2D eigenvalue weighted by Crippen LogP contribution is -2.36. The van der Waals surface area contributed by atoms with Gasteiger partial charge in [0.15, 0.2) is 5.96 Å². The first-order valence-electron chi connectivity index (χ1n) is 10.9. The number of aliphatic imine (C=N–C) groups is 1. The Morgan fingerprint density at radius 2 is 2.00 bits per heavy atom. The number of nitrogens with one attached hydrogen (secondary N) is 2. The summed E-state index contributed by atoms with van der Waals surface area (Å²) in [6.07, 6.45) is 5.58. The van der Waals surface area contributed by atoms with Gasteiger partial charge in [0, 0.05) is 32.3 Å². The van der Waals surface area contributed by atoms with E-state index in [2.05, 4.69) is 63.0 Å². The van der Waals surface area contributed by atoms with Crippen molar-refractivity contribution in [2.24, 2.45) is 4.99 Å². The predicted octanol–water partition coefficient (Wildman–Crippen LogP) is 3.62. The Morgan fingerprint density at radius 3 is 2.70 bits per heavy atom. The molecule has 1 aliphatic heterocycles. The fraction of sp³-hybridized carbons (Fsp3) is 0.375. The number of hydrogen-bond donors (Lipinski definition) is 2. The Bertz CT molecular complexity index is 1020. The lowest BCUT2D eigenvalue weighted by Gasteiger charge is -2.17. The summed E-state index contributed by atoms with van der Waals surface area (Å²) < 4.78 is 13.5. The maximum absolute atomic E-state index is 6.10. The minimum Gasteiger partial charge on any atom is -0.491 e. The third kappa shape index (κ3) is 7.16. The molecular formula is C24H31IN6O2. The second-order valence-corrected chi connectivity index (χ2v) is 7.84. The summed E-state index contributed by atoms with van der Waals surface area (Å²) in [7, 11) is 1.77. The van der Waals surface area contributed by atoms with Crippen LogP contribution in [0.25, 0.3) is 5.69 Å². The Kier molecular flexibility index (Phi) is 9.49. The molecule has 4 rings (SSSR count). The first-order chi connectivity index (χ1) is 15.7. The van der Waals surface area contributed by atoms with Crippen LogP contribution in [0.1, 0.15) is 29.5 Å². The molecule has 9 heteroatoms. The Morgan fingerprint density at radius 1 is 1.18 bits per heavy atom. The van der Waals surface area contributed by atoms with Crippen LogP contribution in [0.4, 0.5) is 0 Å². The molecule has 0 saturated carbocycles. The van der Waals surface area contributed by atoms with Crippen LogP contribution in [0.3, 0.4) is 0 Å². The van der Waals surface area contributed by atoms with E-state index in [-0.39, 0.29) is 30.1 Å². The van der Waals surface area contributed by atoms with E-state index in [4.69, 9.17) is 9.47 Å². The highest BCUT2D eigenvalue weighted by atomic mass is 127. The van der Waals surface area contributed by atoms with E-state index in [9.17, 15) is 0 Å². The molecule has 33 heavy (non-hydrogen) atoms. The van der Waals surface area contributed by atoms with E-state index in [0.29, 0.717) is 19.7 Å². The minimum atomic E-state index is 0. The van der Waals surface area contributed by atoms with E-state index in [1.54, 1.807) is 18.1 Å². The Hall–Kier alpha value is -2.66. The predicted molar refractivity (Wildman–Crippen MR) is 139 cm³/mol. The summed E-state index contributed by atoms with van der Waals surface area (Å²) in [6.45, 7) is 4.78. The molecule has 8 nitrogen and oxygen atoms in total. The lowest BCUT2D eigenvalue weighted by molar-refractivity contribution is 0.0676. The molecule has 2 heterocycles. The monoisotopic (exact) mass is 562 g/mol. The maximum Gasteiger partial charge on any atom is 0.191 e. The molecule has 176 valence electrons. The van der Waals surface area contributed by atoms with Gasteiger partial charge in [-0.25, -0.2) is 9.67 Å². The SMILES string of the molecule is CN=C(NCc1ccc(-n2cncn2)cc1)NCc1ccc(C)cc1OCC1CCCO1.I. The molecule has 0 radical (unpaired) electrons. The van der Waals surface area contributed by atoms with Crippen molar-refractivity contribution < 1.29 is 9.47 Å². The molecular weight excluding hydrogens is 531 g/mol. The van der Waals surface area contributed by atoms with Gasteiger partial charge < -0.3 is 20.1 Å². The van der Waals surface area contributed by atoms with E-state index in [0.717, 1.165) is 48.0 Å². The fourth-order valence-corrected chi connectivity index (χ4v) is 3.59. The average molecular weight is 562 g/mol. The molecule has 0 aliphatic carbocycles. The number of ether oxygens (including phenoxy) is 2. The Balaban J connectivity index is 0.00000306. The van der Waals surface area contributed by atoms with Gasteiger partial charge in [0.05, 0.1) is 11.8 Å². The molecule has 1 atom stereocenters. The molecule has 1 fully saturated rings. The van der Waals surface area contributed by atoms with Crippen LogP contribution in [-0.2, 0) is 17.8 Å². The summed E-state index contributed by atoms with van der Waals surface area (Å²) in [5, 5.41) is 10.9. The normalized spacial score (nSPS) is 15.7. The molecule has 1 aliphatic rings. The van der Waals surface area contributed by atoms with Gasteiger partial charge in [-0.1, -0.05) is 24.3 Å². The number of aromatic nitrogens is 3. The summed E-state index contributed by atoms with van der Waals surface area (Å²) in [5.74, 6) is 1.63. The maximum atomic E-state index is 6.10. The van der Waals surface area contributed by atoms with Gasteiger partial charge in [0.1, 0.15) is 25.0 Å². The summed E-state index contributed by atoms with van der Waals surface area (Å²) in [6, 6.07) is 14.4. The standard InChI is InChI=1S/C24H30N6O2.HI/c1-18-5-8-20(23(12-18)32-15-22-4-3-11-31-22)14-28-24(25-2)27-13-19-6-9-21(10-7-19)30-17-26-16-29-30;/h5-10,12,16-17,22H,3-4,11,13-15H2,1-2H3,(H2,25,27,28);1H. The highest BCUT2D eigenvalue weighted by Gasteiger charge is 2.17. The molecule has 1 unspecified atom stereocenters. The van der Waals surface area contributed by atoms with Crippen molar-refractivity contribution in [3.8, 4) is 11.4 Å². The van der Waals surface area contributed by atoms with Crippen molar-refractivity contribution in [1.29, 1.82) is 0 Å². The number of benzene rings is 2. The number of guanidine groups is 1. The zero-order chi connectivity index (χ0) is 22.2. The van der Waals surface area contributed by atoms with Crippen LogP contribution in [-0.4, -0.2) is 47.1 Å². The van der Waals surface area contributed by atoms with Gasteiger partial charge in [0.2, 0.25) is 0 Å². The van der Waals surface area contributed by atoms with E-state index in [1.165, 1.54) is 11.9 Å². The molecule has 0 amide bonds. The fourth-order valence-electron chi connectivity index (χ4n) is 3.59. The molecule has 0 bridgehead atoms. The number of rotatable bonds is 8. The summed E-state index contributed by atoms with van der Waals surface area (Å²) in [5.41, 5.74) is 4.39. The first-order valence-corrected chi connectivity index (χ1v) is 10.9. The van der Waals surface area contributed by atoms with Crippen molar-refractivity contribution >= 4 is 29.9 Å². The molecule has 3 aromatic rings. The Labute approximate surface area is 211 Å². The molecule has 2 N–H and O–H groups in total. The first kappa shape index (κ1) is 25.0. The van der Waals surface area contributed by atoms with Crippen LogP contribution in [0.5, 0.6) is 5.75 Å². The van der Waals surface area contributed by atoms with Crippen molar-refractivity contribution in [1.82, 2.24) is 25.4 Å². The second kappa shape index (κ2) is 12.5. The number of aryl methyl sites for hydroxylation is 1. The van der Waals surface area contributed by atoms with E-state index < -0.39 is 0 Å². The van der Waals surface area contributed by atoms with Crippen LogP contribution in [0.2, 0.25) is 0 Å². The lowest BCUT2D eigenvalue weighted by atomic mass is 10.1. The largest absolute Gasteiger partial charge is 0.491 e. The van der Waals surface area contributed by atoms with Crippen molar-refractivity contribution in [3.63, 3.8) is 0 Å². The van der Waals surface area contributed by atoms with Crippen LogP contribution < -0.4 is 15.4 Å². The van der Waals surface area contributed by atoms with Crippen LogP contribution >= 0.6 is 24.0 Å². The molecule has 0 spiro atoms. The van der Waals surface area contributed by atoms with Gasteiger partial charge in [-0.2, -0.15) is 5.10 Å². The topological polar surface area (TPSA) is 85.6 Å². The van der Waals surface area contributed by atoms with Gasteiger partial charge in [-0.05, 0) is 49.1 Å². The molecule has 2 aromatic carbocycles. The smallest absolute Gasteiger partial charge is 0.191 e. The third-order valence-corrected chi connectivity index (χ3v) is 5.42. The number of nitrogens with zero attached hydrogens (tertiary/aromatic N) is 4. The van der Waals surface area contributed by atoms with Crippen molar-refractivity contribution in [2.75, 3.05) is 20.3 Å². The molecule has 1 saturated heterocycles. The number of halogens is 1. The van der Waals surface area contributed by atoms with Crippen molar-refractivity contribution in [3.05, 3.63) is 71.8 Å². The highest BCUT2D eigenvalue weighted by molar-refractivity contribution is 14.0. The highest BCUT2D eigenvalue weighted by Crippen LogP contribution is 2.22. The zero-order valence-electron chi connectivity index (χ0n) is 19.0. The van der Waals surface area contributed by atoms with Crippen molar-refractivity contribution in [2.45, 2.75) is 39.0 Å². The van der Waals surface area contributed by atoms with E-state index >= 15 is 0 Å². The van der Waals surface area contributed by atoms with Gasteiger partial charge in [-0.15, -0.1) is 24.0 Å². The van der Waals surface area contributed by atoms with Crippen LogP contribution in [0.15, 0.2) is 60.1 Å². The average Bonchev–Trinajstić information content (AvgIpc) is 3.54. The van der Waals surface area contributed by atoms with Gasteiger partial charge >= 0.3 is 0 Å². The summed E-state index contributed by atoms with van der Waals surface area (Å²) >= 11 is 0. The number of hydrogen-bond acceptors (Lipinski definition) is 5. The quantitative estimate of drug-likeness (QED) is 0.248. The van der Waals surface area contributed by atoms with Gasteiger partial charge in [-0.3, -0.25) is 4.99 Å². The zero-order valence-corrected chi connectivity index (χ0v) is 21.4. The van der Waals surface area contributed by atoms with Crippen LogP contribution in [0, 0.1) is 6.92 Å². The second-order valence-electron chi connectivity index (χ2n) is 7.84. The van der Waals surface area contributed by atoms with E-state index in [1.807, 2.05) is 12.1 Å². The third-order valence-electron chi connectivity index (χ3n) is 5.42. The van der Waals surface area contributed by atoms with Gasteiger partial charge in [0.25, 0.3) is 0 Å².